The fourth-order valence-electron chi connectivity index (χ4n) is 2.83. The van der Waals surface area contributed by atoms with Crippen LogP contribution in [0, 0.1) is 0 Å². The number of nitrogens with zero attached hydrogens (tertiary/aromatic N) is 1. The molecule has 0 spiro atoms. The highest BCUT2D eigenvalue weighted by atomic mass is 35.5. The molecular weight excluding hydrogens is 428 g/mol. The number of hydrogen-bond donors (Lipinski definition) is 1. The maximum Gasteiger partial charge on any atom is 0.276 e. The third-order valence-corrected chi connectivity index (χ3v) is 7.59. The van der Waals surface area contributed by atoms with Gasteiger partial charge >= 0.3 is 0 Å². The van der Waals surface area contributed by atoms with Gasteiger partial charge in [-0.25, -0.2) is 16.8 Å². The third-order valence-electron chi connectivity index (χ3n) is 4.14. The number of carbonyl (C=O) groups is 1. The average Bonchev–Trinajstić information content (AvgIpc) is 3.28. The van der Waals surface area contributed by atoms with Gasteiger partial charge in [0.05, 0.1) is 0 Å². The molecule has 2 aromatic rings. The van der Waals surface area contributed by atoms with Crippen LogP contribution < -0.4 is 5.32 Å². The molecule has 1 saturated heterocycles. The zero-order valence-corrected chi connectivity index (χ0v) is 17.2. The van der Waals surface area contributed by atoms with E-state index in [0.29, 0.717) is 23.8 Å². The topological polar surface area (TPSA) is 114 Å². The molecule has 1 amide bonds. The number of nitrogens with one attached hydrogen (secondary N) is 1. The minimum Gasteiger partial charge on any atom is -0.447 e. The number of sulfonamides is 1. The van der Waals surface area contributed by atoms with Gasteiger partial charge in [0.25, 0.3) is 10.0 Å². The molecule has 152 valence electrons. The van der Waals surface area contributed by atoms with E-state index in [1.807, 2.05) is 0 Å². The molecule has 1 aromatic carbocycles. The summed E-state index contributed by atoms with van der Waals surface area (Å²) in [6, 6.07) is 8.78. The molecule has 0 aliphatic carbocycles. The number of carbonyl (C=O) groups excluding carboxylic acids is 1. The molecule has 11 heteroatoms. The van der Waals surface area contributed by atoms with Crippen LogP contribution in [0.4, 0.5) is 5.69 Å². The lowest BCUT2D eigenvalue weighted by Gasteiger charge is -2.12. The Morgan fingerprint density at radius 1 is 1.04 bits per heavy atom. The van der Waals surface area contributed by atoms with Crippen molar-refractivity contribution in [2.24, 2.45) is 0 Å². The summed E-state index contributed by atoms with van der Waals surface area (Å²) in [6.07, 6.45) is 1.56. The second-order valence-corrected chi connectivity index (χ2v) is 10.8. The van der Waals surface area contributed by atoms with Gasteiger partial charge in [0.2, 0.25) is 11.0 Å². The fourth-order valence-corrected chi connectivity index (χ4v) is 5.56. The first-order valence-electron chi connectivity index (χ1n) is 8.50. The van der Waals surface area contributed by atoms with Gasteiger partial charge in [-0.1, -0.05) is 11.6 Å². The molecule has 2 heterocycles. The molecule has 0 atom stereocenters. The van der Waals surface area contributed by atoms with E-state index < -0.39 is 37.3 Å². The standard InChI is InChI=1S/C17H19ClN2O6S2/c18-13-3-5-14(6-4-13)19-16(21)12-27(22,23)11-15-7-8-17(26-15)28(24,25)20-9-1-2-10-20/h3-8H,1-2,9-12H2,(H,19,21). The Bertz CT molecular complexity index is 1060. The van der Waals surface area contributed by atoms with Gasteiger partial charge in [0, 0.05) is 23.8 Å². The minimum absolute atomic E-state index is 0.0305. The van der Waals surface area contributed by atoms with Crippen molar-refractivity contribution >= 4 is 43.1 Å². The summed E-state index contributed by atoms with van der Waals surface area (Å²) in [5, 5.41) is 2.67. The molecule has 0 unspecified atom stereocenters. The largest absolute Gasteiger partial charge is 0.447 e. The molecule has 0 saturated carbocycles. The summed E-state index contributed by atoms with van der Waals surface area (Å²) in [5.41, 5.74) is 0.418. The molecule has 1 aliphatic heterocycles. The van der Waals surface area contributed by atoms with Gasteiger partial charge in [0.15, 0.2) is 9.84 Å². The molecule has 1 aliphatic rings. The van der Waals surface area contributed by atoms with E-state index in [1.165, 1.54) is 16.4 Å². The fraction of sp³-hybridized carbons (Fsp3) is 0.353. The lowest BCUT2D eigenvalue weighted by atomic mass is 10.3. The highest BCUT2D eigenvalue weighted by Gasteiger charge is 2.30. The van der Waals surface area contributed by atoms with Gasteiger partial charge in [-0.15, -0.1) is 0 Å². The quantitative estimate of drug-likeness (QED) is 0.697. The Morgan fingerprint density at radius 3 is 2.32 bits per heavy atom. The summed E-state index contributed by atoms with van der Waals surface area (Å²) in [5.74, 6) is -2.07. The number of benzene rings is 1. The Kier molecular flexibility index (Phi) is 6.13. The van der Waals surface area contributed by atoms with Gasteiger partial charge in [0.1, 0.15) is 17.3 Å². The van der Waals surface area contributed by atoms with E-state index in [1.54, 1.807) is 24.3 Å². The number of sulfone groups is 1. The van der Waals surface area contributed by atoms with Gasteiger partial charge in [-0.2, -0.15) is 4.31 Å². The molecule has 0 radical (unpaired) electrons. The van der Waals surface area contributed by atoms with Crippen molar-refractivity contribution in [1.29, 1.82) is 0 Å². The molecule has 28 heavy (non-hydrogen) atoms. The first kappa shape index (κ1) is 20.8. The summed E-state index contributed by atoms with van der Waals surface area (Å²) >= 11 is 5.76. The lowest BCUT2D eigenvalue weighted by Crippen LogP contribution is -2.27. The lowest BCUT2D eigenvalue weighted by molar-refractivity contribution is -0.113. The molecule has 1 N–H and O–H groups in total. The van der Waals surface area contributed by atoms with Crippen molar-refractivity contribution in [2.75, 3.05) is 24.2 Å². The predicted molar refractivity (Wildman–Crippen MR) is 104 cm³/mol. The van der Waals surface area contributed by atoms with Gasteiger partial charge in [-0.3, -0.25) is 4.79 Å². The van der Waals surface area contributed by atoms with Crippen molar-refractivity contribution in [2.45, 2.75) is 23.7 Å². The normalized spacial score (nSPS) is 15.6. The van der Waals surface area contributed by atoms with Crippen LogP contribution in [-0.2, 0) is 30.4 Å². The smallest absolute Gasteiger partial charge is 0.276 e. The Labute approximate surface area is 168 Å². The molecule has 1 fully saturated rings. The number of furan rings is 1. The maximum absolute atomic E-state index is 12.4. The van der Waals surface area contributed by atoms with Crippen LogP contribution in [0.1, 0.15) is 18.6 Å². The van der Waals surface area contributed by atoms with E-state index >= 15 is 0 Å². The number of hydrogen-bond acceptors (Lipinski definition) is 6. The SMILES string of the molecule is O=C(CS(=O)(=O)Cc1ccc(S(=O)(=O)N2CCCC2)o1)Nc1ccc(Cl)cc1. The van der Waals surface area contributed by atoms with Crippen molar-refractivity contribution < 1.29 is 26.0 Å². The summed E-state index contributed by atoms with van der Waals surface area (Å²) in [4.78, 5) is 12.0. The Morgan fingerprint density at radius 2 is 1.68 bits per heavy atom. The summed E-state index contributed by atoms with van der Waals surface area (Å²) in [7, 11) is -7.61. The van der Waals surface area contributed by atoms with Crippen molar-refractivity contribution in [3.63, 3.8) is 0 Å². The average molecular weight is 447 g/mol. The van der Waals surface area contributed by atoms with Gasteiger partial charge in [-0.05, 0) is 49.2 Å². The summed E-state index contributed by atoms with van der Waals surface area (Å²) in [6.45, 7) is 0.836. The number of anilines is 1. The van der Waals surface area contributed by atoms with Crippen LogP contribution in [0.15, 0.2) is 45.9 Å². The molecule has 0 bridgehead atoms. The third kappa shape index (κ3) is 5.13. The zero-order chi connectivity index (χ0) is 20.4. The van der Waals surface area contributed by atoms with Crippen LogP contribution in [0.25, 0.3) is 0 Å². The van der Waals surface area contributed by atoms with E-state index in [2.05, 4.69) is 5.32 Å². The Hall–Kier alpha value is -1.88. The van der Waals surface area contributed by atoms with E-state index in [0.717, 1.165) is 12.8 Å². The first-order chi connectivity index (χ1) is 13.2. The highest BCUT2D eigenvalue weighted by molar-refractivity contribution is 7.91. The molecule has 3 rings (SSSR count). The van der Waals surface area contributed by atoms with E-state index in [-0.39, 0.29) is 10.9 Å². The summed E-state index contributed by atoms with van der Waals surface area (Å²) < 4.78 is 56.0. The first-order valence-corrected chi connectivity index (χ1v) is 12.1. The van der Waals surface area contributed by atoms with Crippen molar-refractivity contribution in [1.82, 2.24) is 4.31 Å². The van der Waals surface area contributed by atoms with Crippen LogP contribution in [0.2, 0.25) is 5.02 Å². The molecule has 1 aromatic heterocycles. The van der Waals surface area contributed by atoms with Crippen molar-refractivity contribution in [3.05, 3.63) is 47.2 Å². The highest BCUT2D eigenvalue weighted by Crippen LogP contribution is 2.23. The van der Waals surface area contributed by atoms with Crippen LogP contribution >= 0.6 is 11.6 Å². The van der Waals surface area contributed by atoms with Crippen LogP contribution in [-0.4, -0.2) is 45.9 Å². The number of rotatable bonds is 7. The Balaban J connectivity index is 1.63. The van der Waals surface area contributed by atoms with Crippen LogP contribution in [0.5, 0.6) is 0 Å². The zero-order valence-electron chi connectivity index (χ0n) is 14.8. The minimum atomic E-state index is -3.85. The number of amides is 1. The van der Waals surface area contributed by atoms with Gasteiger partial charge < -0.3 is 9.73 Å². The van der Waals surface area contributed by atoms with Crippen LogP contribution in [0.3, 0.4) is 0 Å². The van der Waals surface area contributed by atoms with Crippen molar-refractivity contribution in [3.8, 4) is 0 Å². The molecular formula is C17H19ClN2O6S2. The monoisotopic (exact) mass is 446 g/mol. The molecule has 8 nitrogen and oxygen atoms in total. The second-order valence-electron chi connectivity index (χ2n) is 6.42. The predicted octanol–water partition coefficient (Wildman–Crippen LogP) is 2.27. The second kappa shape index (κ2) is 8.24. The maximum atomic E-state index is 12.4. The van der Waals surface area contributed by atoms with E-state index in [9.17, 15) is 21.6 Å². The van der Waals surface area contributed by atoms with E-state index in [4.69, 9.17) is 16.0 Å². The number of halogens is 1.